The number of nitrogens with zero attached hydrogens (tertiary/aromatic N) is 1. The van der Waals surface area contributed by atoms with E-state index in [1.165, 1.54) is 16.4 Å². The summed E-state index contributed by atoms with van der Waals surface area (Å²) in [7, 11) is 1.91. The van der Waals surface area contributed by atoms with Crippen molar-refractivity contribution >= 4 is 39.9 Å². The van der Waals surface area contributed by atoms with E-state index in [1.54, 1.807) is 0 Å². The Hall–Kier alpha value is -0.0300. The molecule has 0 aliphatic heterocycles. The topological polar surface area (TPSA) is 24.9 Å². The predicted molar refractivity (Wildman–Crippen MR) is 63.5 cm³/mol. The third-order valence-corrected chi connectivity index (χ3v) is 3.51. The Labute approximate surface area is 96.2 Å². The fourth-order valence-corrected chi connectivity index (χ4v) is 2.51. The maximum Gasteiger partial charge on any atom is 0.131 e. The summed E-state index contributed by atoms with van der Waals surface area (Å²) in [6.07, 6.45) is 2.51. The van der Waals surface area contributed by atoms with Gasteiger partial charge in [0.2, 0.25) is 0 Å². The first-order chi connectivity index (χ1) is 6.22. The molecule has 0 bridgehead atoms. The van der Waals surface area contributed by atoms with E-state index in [1.807, 2.05) is 13.1 Å². The average Bonchev–Trinajstić information content (AvgIpc) is 2.91. The zero-order valence-corrected chi connectivity index (χ0v) is 10.2. The smallest absolute Gasteiger partial charge is 0.131 e. The van der Waals surface area contributed by atoms with Gasteiger partial charge in [-0.3, -0.25) is 0 Å². The molecule has 0 radical (unpaired) electrons. The summed E-state index contributed by atoms with van der Waals surface area (Å²) in [4.78, 5) is 4.36. The van der Waals surface area contributed by atoms with E-state index >= 15 is 0 Å². The van der Waals surface area contributed by atoms with E-state index < -0.39 is 0 Å². The van der Waals surface area contributed by atoms with Gasteiger partial charge in [-0.05, 0) is 41.5 Å². The van der Waals surface area contributed by atoms with Gasteiger partial charge in [-0.1, -0.05) is 11.6 Å². The molecule has 0 saturated heterocycles. The fraction of sp³-hybridized carbons (Fsp3) is 0.444. The standard InChI is InChI=1S/C9H10ClIN2/c1-12-6-4-7(10)13-9(8(6)11)5-2-3-5/h4-5H,2-3H2,1H3,(H,12,13). The van der Waals surface area contributed by atoms with E-state index in [0.29, 0.717) is 11.1 Å². The molecule has 1 saturated carbocycles. The molecule has 1 aliphatic rings. The largest absolute Gasteiger partial charge is 0.387 e. The van der Waals surface area contributed by atoms with Crippen LogP contribution in [0.5, 0.6) is 0 Å². The molecule has 13 heavy (non-hydrogen) atoms. The third-order valence-electron chi connectivity index (χ3n) is 2.19. The van der Waals surface area contributed by atoms with Gasteiger partial charge >= 0.3 is 0 Å². The molecule has 2 rings (SSSR count). The van der Waals surface area contributed by atoms with Crippen LogP contribution in [0.4, 0.5) is 5.69 Å². The van der Waals surface area contributed by atoms with Crippen molar-refractivity contribution in [1.29, 1.82) is 0 Å². The molecular formula is C9H10ClIN2. The molecule has 1 aliphatic carbocycles. The lowest BCUT2D eigenvalue weighted by molar-refractivity contribution is 1.01. The fourth-order valence-electron chi connectivity index (χ4n) is 1.33. The van der Waals surface area contributed by atoms with E-state index in [-0.39, 0.29) is 0 Å². The molecule has 1 aromatic heterocycles. The van der Waals surface area contributed by atoms with Crippen molar-refractivity contribution in [3.63, 3.8) is 0 Å². The van der Waals surface area contributed by atoms with Crippen molar-refractivity contribution in [3.05, 3.63) is 20.5 Å². The first-order valence-electron chi connectivity index (χ1n) is 4.26. The van der Waals surface area contributed by atoms with Gasteiger partial charge in [0, 0.05) is 13.0 Å². The molecule has 0 amide bonds. The Bertz CT molecular complexity index is 337. The van der Waals surface area contributed by atoms with Gasteiger partial charge in [0.05, 0.1) is 15.0 Å². The first-order valence-corrected chi connectivity index (χ1v) is 5.71. The van der Waals surface area contributed by atoms with Gasteiger partial charge in [0.25, 0.3) is 0 Å². The maximum atomic E-state index is 5.92. The minimum atomic E-state index is 0.590. The van der Waals surface area contributed by atoms with Crippen molar-refractivity contribution in [2.24, 2.45) is 0 Å². The van der Waals surface area contributed by atoms with Gasteiger partial charge in [0.1, 0.15) is 5.15 Å². The number of hydrogen-bond acceptors (Lipinski definition) is 2. The Morgan fingerprint density at radius 1 is 1.62 bits per heavy atom. The van der Waals surface area contributed by atoms with Crippen LogP contribution in [0.3, 0.4) is 0 Å². The molecule has 0 atom stereocenters. The zero-order chi connectivity index (χ0) is 9.42. The second-order valence-electron chi connectivity index (χ2n) is 3.22. The lowest BCUT2D eigenvalue weighted by atomic mass is 10.2. The van der Waals surface area contributed by atoms with Crippen LogP contribution in [0.1, 0.15) is 24.5 Å². The van der Waals surface area contributed by atoms with Gasteiger partial charge in [0.15, 0.2) is 0 Å². The molecule has 0 spiro atoms. The van der Waals surface area contributed by atoms with Crippen molar-refractivity contribution in [1.82, 2.24) is 4.98 Å². The van der Waals surface area contributed by atoms with Gasteiger partial charge < -0.3 is 5.32 Å². The second kappa shape index (κ2) is 3.61. The highest BCUT2D eigenvalue weighted by atomic mass is 127. The van der Waals surface area contributed by atoms with Crippen molar-refractivity contribution in [3.8, 4) is 0 Å². The number of halogens is 2. The molecule has 4 heteroatoms. The summed E-state index contributed by atoms with van der Waals surface area (Å²) < 4.78 is 1.21. The highest BCUT2D eigenvalue weighted by molar-refractivity contribution is 14.1. The van der Waals surface area contributed by atoms with E-state index in [4.69, 9.17) is 11.6 Å². The van der Waals surface area contributed by atoms with Crippen LogP contribution < -0.4 is 5.32 Å². The number of hydrogen-bond donors (Lipinski definition) is 1. The molecule has 2 nitrogen and oxygen atoms in total. The molecular weight excluding hydrogens is 298 g/mol. The highest BCUT2D eigenvalue weighted by Gasteiger charge is 2.28. The SMILES string of the molecule is CNc1cc(Cl)nc(C2CC2)c1I. The van der Waals surface area contributed by atoms with Crippen LogP contribution in [0.15, 0.2) is 6.07 Å². The minimum Gasteiger partial charge on any atom is -0.387 e. The Kier molecular flexibility index (Phi) is 2.65. The minimum absolute atomic E-state index is 0.590. The van der Waals surface area contributed by atoms with E-state index in [0.717, 1.165) is 11.4 Å². The van der Waals surface area contributed by atoms with Crippen LogP contribution in [0.25, 0.3) is 0 Å². The van der Waals surface area contributed by atoms with Gasteiger partial charge in [-0.2, -0.15) is 0 Å². The maximum absolute atomic E-state index is 5.92. The quantitative estimate of drug-likeness (QED) is 0.670. The Balaban J connectivity index is 2.47. The average molecular weight is 309 g/mol. The van der Waals surface area contributed by atoms with Gasteiger partial charge in [-0.25, -0.2) is 4.98 Å². The zero-order valence-electron chi connectivity index (χ0n) is 7.27. The summed E-state index contributed by atoms with van der Waals surface area (Å²) in [5, 5.41) is 3.72. The highest BCUT2D eigenvalue weighted by Crippen LogP contribution is 2.43. The van der Waals surface area contributed by atoms with Crippen molar-refractivity contribution in [2.45, 2.75) is 18.8 Å². The van der Waals surface area contributed by atoms with E-state index in [9.17, 15) is 0 Å². The summed E-state index contributed by atoms with van der Waals surface area (Å²) in [5.74, 6) is 0.651. The monoisotopic (exact) mass is 308 g/mol. The predicted octanol–water partition coefficient (Wildman–Crippen LogP) is 3.26. The number of rotatable bonds is 2. The lowest BCUT2D eigenvalue weighted by Crippen LogP contribution is -1.98. The second-order valence-corrected chi connectivity index (χ2v) is 4.68. The van der Waals surface area contributed by atoms with Crippen LogP contribution in [0, 0.1) is 3.57 Å². The van der Waals surface area contributed by atoms with Crippen molar-refractivity contribution in [2.75, 3.05) is 12.4 Å². The molecule has 0 aromatic carbocycles. The van der Waals surface area contributed by atoms with Crippen molar-refractivity contribution < 1.29 is 0 Å². The molecule has 1 N–H and O–H groups in total. The summed E-state index contributed by atoms with van der Waals surface area (Å²) in [6, 6.07) is 1.87. The summed E-state index contributed by atoms with van der Waals surface area (Å²) in [5.41, 5.74) is 2.25. The number of pyridine rings is 1. The summed E-state index contributed by atoms with van der Waals surface area (Å²) >= 11 is 8.25. The lowest BCUT2D eigenvalue weighted by Gasteiger charge is -2.08. The van der Waals surface area contributed by atoms with Gasteiger partial charge in [-0.15, -0.1) is 0 Å². The number of anilines is 1. The normalized spacial score (nSPS) is 15.9. The molecule has 70 valence electrons. The molecule has 0 unspecified atom stereocenters. The molecule has 1 heterocycles. The Morgan fingerprint density at radius 3 is 2.85 bits per heavy atom. The van der Waals surface area contributed by atoms with Crippen LogP contribution in [-0.4, -0.2) is 12.0 Å². The van der Waals surface area contributed by atoms with Crippen LogP contribution >= 0.6 is 34.2 Å². The van der Waals surface area contributed by atoms with E-state index in [2.05, 4.69) is 32.9 Å². The van der Waals surface area contributed by atoms with Crippen LogP contribution in [0.2, 0.25) is 5.15 Å². The number of nitrogens with one attached hydrogen (secondary N) is 1. The molecule has 1 aromatic rings. The third kappa shape index (κ3) is 1.91. The number of aromatic nitrogens is 1. The van der Waals surface area contributed by atoms with Crippen LogP contribution in [-0.2, 0) is 0 Å². The summed E-state index contributed by atoms with van der Waals surface area (Å²) in [6.45, 7) is 0. The first kappa shape index (κ1) is 9.52. The Morgan fingerprint density at radius 2 is 2.31 bits per heavy atom. The molecule has 1 fully saturated rings.